The van der Waals surface area contributed by atoms with Crippen LogP contribution in [0.1, 0.15) is 30.5 Å². The molecule has 3 heteroatoms. The van der Waals surface area contributed by atoms with Gasteiger partial charge in [0.05, 0.1) is 0 Å². The van der Waals surface area contributed by atoms with Crippen LogP contribution in [0.5, 0.6) is 0 Å². The quantitative estimate of drug-likeness (QED) is 0.895. The van der Waals surface area contributed by atoms with Gasteiger partial charge in [0.25, 0.3) is 0 Å². The van der Waals surface area contributed by atoms with E-state index in [1.807, 2.05) is 19.4 Å². The van der Waals surface area contributed by atoms with Gasteiger partial charge < -0.3 is 9.88 Å². The molecule has 2 aromatic rings. The summed E-state index contributed by atoms with van der Waals surface area (Å²) in [4.78, 5) is 4.47. The summed E-state index contributed by atoms with van der Waals surface area (Å²) in [6.07, 6.45) is 6.29. The zero-order chi connectivity index (χ0) is 12.5. The van der Waals surface area contributed by atoms with Crippen LogP contribution in [-0.4, -0.2) is 16.6 Å². The molecule has 1 heterocycles. The lowest BCUT2D eigenvalue weighted by molar-refractivity contribution is 0.590. The molecule has 94 valence electrons. The van der Waals surface area contributed by atoms with Crippen LogP contribution < -0.4 is 5.32 Å². The molecule has 1 N–H and O–H groups in total. The van der Waals surface area contributed by atoms with E-state index in [2.05, 4.69) is 40.0 Å². The van der Waals surface area contributed by atoms with E-state index in [9.17, 15) is 0 Å². The average Bonchev–Trinajstić information content (AvgIpc) is 3.03. The van der Waals surface area contributed by atoms with Crippen LogP contribution in [0.2, 0.25) is 0 Å². The molecule has 0 bridgehead atoms. The molecule has 0 fully saturated rings. The molecule has 0 aliphatic heterocycles. The van der Waals surface area contributed by atoms with E-state index in [0.717, 1.165) is 12.4 Å². The summed E-state index contributed by atoms with van der Waals surface area (Å²) >= 11 is 0. The van der Waals surface area contributed by atoms with Gasteiger partial charge >= 0.3 is 0 Å². The number of benzene rings is 1. The molecule has 1 aromatic heterocycles. The zero-order valence-corrected chi connectivity index (χ0v) is 11.0. The third-order valence-corrected chi connectivity index (χ3v) is 3.88. The number of hydrogen-bond acceptors (Lipinski definition) is 2. The van der Waals surface area contributed by atoms with Crippen LogP contribution in [0.3, 0.4) is 0 Å². The van der Waals surface area contributed by atoms with Crippen LogP contribution in [0, 0.1) is 0 Å². The molecule has 1 aliphatic carbocycles. The minimum atomic E-state index is 0.528. The first kappa shape index (κ1) is 11.5. The summed E-state index contributed by atoms with van der Waals surface area (Å²) in [6.45, 7) is 3.11. The highest BCUT2D eigenvalue weighted by Crippen LogP contribution is 2.33. The van der Waals surface area contributed by atoms with Crippen molar-refractivity contribution >= 4 is 0 Å². The second-order valence-electron chi connectivity index (χ2n) is 4.83. The lowest BCUT2D eigenvalue weighted by atomic mass is 10.0. The Morgan fingerprint density at radius 1 is 1.44 bits per heavy atom. The minimum absolute atomic E-state index is 0.528. The highest BCUT2D eigenvalue weighted by atomic mass is 15.1. The first-order valence-electron chi connectivity index (χ1n) is 6.65. The van der Waals surface area contributed by atoms with Crippen molar-refractivity contribution in [1.29, 1.82) is 0 Å². The van der Waals surface area contributed by atoms with Gasteiger partial charge in [0.1, 0.15) is 5.82 Å². The Bertz CT molecular complexity index is 557. The normalized spacial score (nSPS) is 18.0. The van der Waals surface area contributed by atoms with Crippen molar-refractivity contribution < 1.29 is 0 Å². The first-order valence-corrected chi connectivity index (χ1v) is 6.65. The van der Waals surface area contributed by atoms with Crippen LogP contribution >= 0.6 is 0 Å². The Morgan fingerprint density at radius 2 is 2.33 bits per heavy atom. The number of rotatable bonds is 3. The highest BCUT2D eigenvalue weighted by Gasteiger charge is 2.21. The molecule has 0 amide bonds. The van der Waals surface area contributed by atoms with Gasteiger partial charge in [-0.25, -0.2) is 4.98 Å². The molecule has 0 radical (unpaired) electrons. The largest absolute Gasteiger partial charge is 0.331 e. The van der Waals surface area contributed by atoms with Crippen LogP contribution in [0.4, 0.5) is 0 Å². The van der Waals surface area contributed by atoms with Gasteiger partial charge in [0.15, 0.2) is 0 Å². The summed E-state index contributed by atoms with van der Waals surface area (Å²) in [5.74, 6) is 1.08. The molecule has 0 saturated heterocycles. The van der Waals surface area contributed by atoms with Crippen molar-refractivity contribution in [2.45, 2.75) is 32.4 Å². The van der Waals surface area contributed by atoms with Crippen molar-refractivity contribution in [2.24, 2.45) is 0 Å². The molecule has 3 rings (SSSR count). The SMILES string of the molecule is CCn1ccnc1-c1ccc2c(c1)CCC2NC. The van der Waals surface area contributed by atoms with Crippen molar-refractivity contribution in [3.05, 3.63) is 41.7 Å². The van der Waals surface area contributed by atoms with Gasteiger partial charge in [0, 0.05) is 30.5 Å². The third kappa shape index (κ3) is 1.75. The van der Waals surface area contributed by atoms with Gasteiger partial charge in [-0.3, -0.25) is 0 Å². The Morgan fingerprint density at radius 3 is 3.11 bits per heavy atom. The maximum Gasteiger partial charge on any atom is 0.139 e. The maximum absolute atomic E-state index is 4.47. The molecule has 3 nitrogen and oxygen atoms in total. The van der Waals surface area contributed by atoms with Crippen molar-refractivity contribution in [3.8, 4) is 11.4 Å². The van der Waals surface area contributed by atoms with E-state index in [1.54, 1.807) is 0 Å². The Hall–Kier alpha value is -1.61. The molecule has 0 saturated carbocycles. The van der Waals surface area contributed by atoms with Gasteiger partial charge in [-0.15, -0.1) is 0 Å². The van der Waals surface area contributed by atoms with Crippen LogP contribution in [0.15, 0.2) is 30.6 Å². The molecule has 1 aliphatic rings. The number of imidazole rings is 1. The van der Waals surface area contributed by atoms with Crippen molar-refractivity contribution in [3.63, 3.8) is 0 Å². The monoisotopic (exact) mass is 241 g/mol. The number of nitrogens with zero attached hydrogens (tertiary/aromatic N) is 2. The topological polar surface area (TPSA) is 29.9 Å². The number of aromatic nitrogens is 2. The zero-order valence-electron chi connectivity index (χ0n) is 11.0. The lowest BCUT2D eigenvalue weighted by Gasteiger charge is -2.11. The summed E-state index contributed by atoms with van der Waals surface area (Å²) < 4.78 is 2.19. The average molecular weight is 241 g/mol. The summed E-state index contributed by atoms with van der Waals surface area (Å²) in [5.41, 5.74) is 4.16. The Labute approximate surface area is 108 Å². The number of nitrogens with one attached hydrogen (secondary N) is 1. The first-order chi connectivity index (χ1) is 8.83. The van der Waals surface area contributed by atoms with E-state index < -0.39 is 0 Å². The molecule has 1 atom stereocenters. The van der Waals surface area contributed by atoms with Crippen molar-refractivity contribution in [2.75, 3.05) is 7.05 Å². The van der Waals surface area contributed by atoms with E-state index >= 15 is 0 Å². The fourth-order valence-electron chi connectivity index (χ4n) is 2.88. The van der Waals surface area contributed by atoms with Gasteiger partial charge in [-0.1, -0.05) is 12.1 Å². The smallest absolute Gasteiger partial charge is 0.139 e. The predicted molar refractivity (Wildman–Crippen MR) is 73.5 cm³/mol. The molecular formula is C15H19N3. The molecule has 0 spiro atoms. The van der Waals surface area contributed by atoms with E-state index in [0.29, 0.717) is 6.04 Å². The Balaban J connectivity index is 2.01. The summed E-state index contributed by atoms with van der Waals surface area (Å²) in [5, 5.41) is 3.38. The van der Waals surface area contributed by atoms with Gasteiger partial charge in [0.2, 0.25) is 0 Å². The molecule has 1 unspecified atom stereocenters. The predicted octanol–water partition coefficient (Wildman–Crippen LogP) is 2.78. The maximum atomic E-state index is 4.47. The van der Waals surface area contributed by atoms with Gasteiger partial charge in [-0.05, 0) is 44.0 Å². The van der Waals surface area contributed by atoms with Crippen molar-refractivity contribution in [1.82, 2.24) is 14.9 Å². The second kappa shape index (κ2) is 4.58. The standard InChI is InChI=1S/C15H19N3/c1-3-18-9-8-17-15(18)12-4-6-13-11(10-12)5-7-14(13)16-2/h4,6,8-10,14,16H,3,5,7H2,1-2H3. The molecule has 18 heavy (non-hydrogen) atoms. The lowest BCUT2D eigenvalue weighted by Crippen LogP contribution is -2.12. The number of hydrogen-bond donors (Lipinski definition) is 1. The number of fused-ring (bicyclic) bond motifs is 1. The summed E-state index contributed by atoms with van der Waals surface area (Å²) in [7, 11) is 2.04. The minimum Gasteiger partial charge on any atom is -0.331 e. The molecular weight excluding hydrogens is 222 g/mol. The molecule has 1 aromatic carbocycles. The van der Waals surface area contributed by atoms with Crippen LogP contribution in [0.25, 0.3) is 11.4 Å². The van der Waals surface area contributed by atoms with E-state index in [4.69, 9.17) is 0 Å². The fraction of sp³-hybridized carbons (Fsp3) is 0.400. The van der Waals surface area contributed by atoms with Gasteiger partial charge in [-0.2, -0.15) is 0 Å². The van der Waals surface area contributed by atoms with E-state index in [1.165, 1.54) is 29.5 Å². The Kier molecular flexibility index (Phi) is 2.92. The van der Waals surface area contributed by atoms with E-state index in [-0.39, 0.29) is 0 Å². The fourth-order valence-corrected chi connectivity index (χ4v) is 2.88. The second-order valence-corrected chi connectivity index (χ2v) is 4.83. The highest BCUT2D eigenvalue weighted by molar-refractivity contribution is 5.59. The third-order valence-electron chi connectivity index (χ3n) is 3.88. The summed E-state index contributed by atoms with van der Waals surface area (Å²) in [6, 6.07) is 7.29. The van der Waals surface area contributed by atoms with Crippen LogP contribution in [-0.2, 0) is 13.0 Å². The number of aryl methyl sites for hydroxylation is 2.